The number of alkyl halides is 6. The quantitative estimate of drug-likeness (QED) is 0.128. The maximum atomic E-state index is 13.4. The Labute approximate surface area is 374 Å². The van der Waals surface area contributed by atoms with Crippen molar-refractivity contribution in [3.63, 3.8) is 0 Å². The fourth-order valence-electron chi connectivity index (χ4n) is 8.94. The summed E-state index contributed by atoms with van der Waals surface area (Å²) in [5.41, 5.74) is 11.5. The number of hydrogen-bond donors (Lipinski definition) is 4. The minimum absolute atomic E-state index is 0.0962. The number of anilines is 5. The number of halogens is 6. The Kier molecular flexibility index (Phi) is 10.7. The Morgan fingerprint density at radius 3 is 2.06 bits per heavy atom. The molecule has 12 nitrogen and oxygen atoms in total. The average molecular weight is 902 g/mol. The summed E-state index contributed by atoms with van der Waals surface area (Å²) in [6.45, 7) is 3.41. The summed E-state index contributed by atoms with van der Waals surface area (Å²) in [6.07, 6.45) is -6.14. The molecular formula is C48H41F6N11O. The van der Waals surface area contributed by atoms with Crippen LogP contribution in [0.5, 0.6) is 0 Å². The summed E-state index contributed by atoms with van der Waals surface area (Å²) < 4.78 is 78.2. The Balaban J connectivity index is 0.000000135. The van der Waals surface area contributed by atoms with E-state index in [0.717, 1.165) is 103 Å². The lowest BCUT2D eigenvalue weighted by atomic mass is 10.1. The van der Waals surface area contributed by atoms with Crippen LogP contribution in [0.1, 0.15) is 29.5 Å². The zero-order valence-electron chi connectivity index (χ0n) is 35.0. The SMILES string of the molecule is FC(F)(F)c1cccc(-c2ccc3c(n2)N[C@H]2CCN3C2)c1.NC1=Nc2ccccc2C1.O=C(Nc1nc2ccccc2[nH]1)N1c2nc(-c3cccc(C(F)(F)F)c3)ccc2N2CC[C@H]1C2. The van der Waals surface area contributed by atoms with Gasteiger partial charge in [-0.05, 0) is 85.1 Å². The number of nitrogens with zero attached hydrogens (tertiary/aromatic N) is 7. The first-order valence-electron chi connectivity index (χ1n) is 21.3. The number of nitrogens with one attached hydrogen (secondary N) is 3. The highest BCUT2D eigenvalue weighted by Gasteiger charge is 2.41. The predicted molar refractivity (Wildman–Crippen MR) is 243 cm³/mol. The fourth-order valence-corrected chi connectivity index (χ4v) is 8.94. The molecule has 0 radical (unpaired) electrons. The number of para-hydroxylation sites is 3. The van der Waals surface area contributed by atoms with Crippen molar-refractivity contribution >= 4 is 57.5 Å². The van der Waals surface area contributed by atoms with Gasteiger partial charge >= 0.3 is 18.4 Å². The van der Waals surface area contributed by atoms with Gasteiger partial charge in [-0.25, -0.2) is 24.7 Å². The fraction of sp³-hybridized carbons (Fsp3) is 0.229. The third-order valence-corrected chi connectivity index (χ3v) is 12.1. The molecule has 0 aliphatic carbocycles. The zero-order valence-corrected chi connectivity index (χ0v) is 35.0. The van der Waals surface area contributed by atoms with Crippen LogP contribution in [-0.2, 0) is 18.8 Å². The van der Waals surface area contributed by atoms with E-state index in [1.807, 2.05) is 54.6 Å². The van der Waals surface area contributed by atoms with Gasteiger partial charge in [-0.15, -0.1) is 0 Å². The monoisotopic (exact) mass is 901 g/mol. The molecule has 2 fully saturated rings. The summed E-state index contributed by atoms with van der Waals surface area (Å²) >= 11 is 0. The van der Waals surface area contributed by atoms with E-state index in [0.29, 0.717) is 46.9 Å². The topological polar surface area (TPSA) is 144 Å². The van der Waals surface area contributed by atoms with E-state index in [1.54, 1.807) is 29.2 Å². The highest BCUT2D eigenvalue weighted by Crippen LogP contribution is 2.42. The molecule has 12 rings (SSSR count). The first-order valence-corrected chi connectivity index (χ1v) is 21.3. The van der Waals surface area contributed by atoms with E-state index in [2.05, 4.69) is 51.4 Å². The maximum Gasteiger partial charge on any atom is 0.416 e. The van der Waals surface area contributed by atoms with Crippen molar-refractivity contribution in [2.75, 3.05) is 51.5 Å². The normalized spacial score (nSPS) is 17.7. The molecule has 2 saturated heterocycles. The number of H-pyrrole nitrogens is 1. The van der Waals surface area contributed by atoms with Crippen LogP contribution in [0, 0.1) is 0 Å². The Morgan fingerprint density at radius 2 is 1.35 bits per heavy atom. The number of aromatic nitrogens is 4. The minimum Gasteiger partial charge on any atom is -0.387 e. The van der Waals surface area contributed by atoms with E-state index >= 15 is 0 Å². The zero-order chi connectivity index (χ0) is 45.7. The molecule has 0 saturated carbocycles. The second-order valence-corrected chi connectivity index (χ2v) is 16.5. The maximum absolute atomic E-state index is 13.4. The summed E-state index contributed by atoms with van der Waals surface area (Å²) in [7, 11) is 0. The number of imidazole rings is 1. The highest BCUT2D eigenvalue weighted by molar-refractivity contribution is 6.04. The van der Waals surface area contributed by atoms with Crippen LogP contribution in [0.3, 0.4) is 0 Å². The minimum atomic E-state index is -4.45. The third-order valence-electron chi connectivity index (χ3n) is 12.1. The van der Waals surface area contributed by atoms with Crippen molar-refractivity contribution in [2.45, 2.75) is 43.7 Å². The predicted octanol–water partition coefficient (Wildman–Crippen LogP) is 10.3. The van der Waals surface area contributed by atoms with Crippen molar-refractivity contribution in [3.8, 4) is 22.5 Å². The Bertz CT molecular complexity index is 2970. The van der Waals surface area contributed by atoms with Crippen LogP contribution in [0.4, 0.5) is 65.8 Å². The van der Waals surface area contributed by atoms with Crippen molar-refractivity contribution < 1.29 is 31.1 Å². The number of hydrogen-bond acceptors (Lipinski definition) is 9. The van der Waals surface area contributed by atoms with Gasteiger partial charge in [0, 0.05) is 49.8 Å². The van der Waals surface area contributed by atoms with Crippen LogP contribution in [0.25, 0.3) is 33.5 Å². The van der Waals surface area contributed by atoms with Gasteiger partial charge in [0.15, 0.2) is 11.6 Å². The van der Waals surface area contributed by atoms with Crippen LogP contribution in [-0.4, -0.2) is 70.1 Å². The largest absolute Gasteiger partial charge is 0.416 e. The lowest BCUT2D eigenvalue weighted by Crippen LogP contribution is -2.48. The number of fused-ring (bicyclic) bond motifs is 10. The Hall–Kier alpha value is -7.63. The van der Waals surface area contributed by atoms with Gasteiger partial charge in [-0.3, -0.25) is 10.2 Å². The lowest BCUT2D eigenvalue weighted by molar-refractivity contribution is -0.138. The molecule has 18 heteroatoms. The molecule has 5 aliphatic rings. The number of amidine groups is 1. The number of rotatable bonds is 3. The highest BCUT2D eigenvalue weighted by atomic mass is 19.4. The van der Waals surface area contributed by atoms with Gasteiger partial charge in [0.05, 0.1) is 56.7 Å². The summed E-state index contributed by atoms with van der Waals surface area (Å²) in [4.78, 5) is 40.2. The van der Waals surface area contributed by atoms with Crippen molar-refractivity contribution in [3.05, 3.63) is 138 Å². The van der Waals surface area contributed by atoms with Gasteiger partial charge in [0.25, 0.3) is 0 Å². The number of benzene rings is 4. The van der Waals surface area contributed by atoms with Crippen LogP contribution in [0.2, 0.25) is 0 Å². The molecule has 0 spiro atoms. The number of carbonyl (C=O) groups excluding carboxylic acids is 1. The molecule has 5 aliphatic heterocycles. The summed E-state index contributed by atoms with van der Waals surface area (Å²) in [5.74, 6) is 2.24. The molecule has 66 heavy (non-hydrogen) atoms. The number of pyridine rings is 2. The first kappa shape index (κ1) is 42.3. The van der Waals surface area contributed by atoms with Crippen molar-refractivity contribution in [1.82, 2.24) is 19.9 Å². The van der Waals surface area contributed by atoms with E-state index in [-0.39, 0.29) is 12.1 Å². The van der Waals surface area contributed by atoms with E-state index in [1.165, 1.54) is 17.7 Å². The number of aliphatic imine (C=N–C) groups is 1. The number of amides is 2. The second-order valence-electron chi connectivity index (χ2n) is 16.5. The standard InChI is InChI=1S/C24H19F3N6O.C16H14F3N3.C8H8N2/c25-24(26,27)15-5-3-4-14(12-15)17-8-9-20-21(28-17)33(16-10-11-32(20)13-16)23(34)31-22-29-18-6-1-2-7-19(18)30-22;17-16(18,19)11-3-1-2-10(8-11)13-4-5-14-15(21-13)20-12-6-7-22(14)9-12;9-8-5-6-3-1-2-4-7(6)10-8/h1-9,12,16H,10-11,13H2,(H2,29,30,31,34);1-5,8,12H,6-7,9H2,(H,20,21);1-4H,5H2,(H2,9,10)/t16-;12-;/m00./s1. The lowest BCUT2D eigenvalue weighted by Gasteiger charge is -2.35. The van der Waals surface area contributed by atoms with Gasteiger partial charge < -0.3 is 25.8 Å². The molecule has 7 aromatic rings. The molecule has 3 aromatic heterocycles. The second kappa shape index (κ2) is 16.7. The van der Waals surface area contributed by atoms with Gasteiger partial charge in [-0.2, -0.15) is 26.3 Å². The smallest absolute Gasteiger partial charge is 0.387 e. The number of urea groups is 1. The Morgan fingerprint density at radius 1 is 0.697 bits per heavy atom. The molecule has 0 unspecified atom stereocenters. The molecule has 4 bridgehead atoms. The van der Waals surface area contributed by atoms with Crippen LogP contribution < -0.4 is 31.1 Å². The number of carbonyl (C=O) groups is 1. The van der Waals surface area contributed by atoms with E-state index in [9.17, 15) is 31.1 Å². The molecule has 5 N–H and O–H groups in total. The van der Waals surface area contributed by atoms with Crippen LogP contribution in [0.15, 0.2) is 126 Å². The molecule has 8 heterocycles. The summed E-state index contributed by atoms with van der Waals surface area (Å²) in [6, 6.07) is 32.9. The van der Waals surface area contributed by atoms with E-state index < -0.39 is 23.5 Å². The third kappa shape index (κ3) is 8.53. The molecule has 2 atom stereocenters. The van der Waals surface area contributed by atoms with Gasteiger partial charge in [0.1, 0.15) is 5.84 Å². The van der Waals surface area contributed by atoms with Gasteiger partial charge in [-0.1, -0.05) is 54.6 Å². The summed E-state index contributed by atoms with van der Waals surface area (Å²) in [5, 5.41) is 6.19. The molecule has 2 amide bonds. The number of aromatic amines is 1. The average Bonchev–Trinajstić information content (AvgIpc) is 4.11. The van der Waals surface area contributed by atoms with Crippen molar-refractivity contribution in [1.29, 1.82) is 0 Å². The van der Waals surface area contributed by atoms with Crippen LogP contribution >= 0.6 is 0 Å². The van der Waals surface area contributed by atoms with E-state index in [4.69, 9.17) is 5.73 Å². The molecular weight excluding hydrogens is 861 g/mol. The van der Waals surface area contributed by atoms with Gasteiger partial charge in [0.2, 0.25) is 5.95 Å². The number of nitrogens with two attached hydrogens (primary N) is 1. The molecule has 4 aromatic carbocycles. The first-order chi connectivity index (χ1) is 31.7. The molecule has 336 valence electrons. The van der Waals surface area contributed by atoms with Crippen molar-refractivity contribution in [2.24, 2.45) is 10.7 Å².